The van der Waals surface area contributed by atoms with Crippen LogP contribution in [0.4, 0.5) is 4.39 Å². The van der Waals surface area contributed by atoms with Crippen molar-refractivity contribution in [3.05, 3.63) is 88.4 Å². The lowest BCUT2D eigenvalue weighted by Crippen LogP contribution is -2.10. The second-order valence-electron chi connectivity index (χ2n) is 7.03. The lowest BCUT2D eigenvalue weighted by Gasteiger charge is -2.08. The summed E-state index contributed by atoms with van der Waals surface area (Å²) in [7, 11) is 3.07. The highest BCUT2D eigenvalue weighted by Crippen LogP contribution is 2.38. The maximum atomic E-state index is 13.9. The summed E-state index contributed by atoms with van der Waals surface area (Å²) in [5.41, 5.74) is 1.38. The first-order valence-corrected chi connectivity index (χ1v) is 9.69. The number of rotatable bonds is 5. The highest BCUT2D eigenvalue weighted by atomic mass is 19.1. The molecule has 0 saturated carbocycles. The number of methoxy groups -OCH3 is 2. The number of carbonyl (C=O) groups excluding carboxylic acids is 2. The van der Waals surface area contributed by atoms with Crippen LogP contribution >= 0.6 is 0 Å². The number of ketones is 1. The normalized spacial score (nSPS) is 13.5. The van der Waals surface area contributed by atoms with E-state index < -0.39 is 11.8 Å². The molecule has 0 aliphatic carbocycles. The van der Waals surface area contributed by atoms with Crippen molar-refractivity contribution in [2.45, 2.75) is 6.92 Å². The number of esters is 1. The summed E-state index contributed by atoms with van der Waals surface area (Å²) in [5.74, 6) is -0.198. The second-order valence-corrected chi connectivity index (χ2v) is 7.03. The van der Waals surface area contributed by atoms with Crippen molar-refractivity contribution < 1.29 is 32.9 Å². The van der Waals surface area contributed by atoms with Gasteiger partial charge in [0.1, 0.15) is 28.8 Å². The number of ether oxygens (including phenoxy) is 4. The van der Waals surface area contributed by atoms with Crippen LogP contribution in [0.15, 0.2) is 60.4 Å². The lowest BCUT2D eigenvalue weighted by molar-refractivity contribution is 0.0729. The van der Waals surface area contributed by atoms with Gasteiger partial charge in [0.05, 0.1) is 25.3 Å². The van der Waals surface area contributed by atoms with Crippen LogP contribution in [-0.2, 0) is 0 Å². The van der Waals surface area contributed by atoms with Gasteiger partial charge in [0.2, 0.25) is 5.78 Å². The van der Waals surface area contributed by atoms with E-state index >= 15 is 0 Å². The SMILES string of the molecule is COc1ccc(/C=C2\Oc3cc(OC(=O)c4ccccc4F)cc(C)c3C2=O)c(OC)c1. The summed E-state index contributed by atoms with van der Waals surface area (Å²) in [6.07, 6.45) is 1.57. The zero-order valence-corrected chi connectivity index (χ0v) is 17.6. The molecule has 0 atom stereocenters. The minimum atomic E-state index is -0.842. The average Bonchev–Trinajstić information content (AvgIpc) is 3.09. The second kappa shape index (κ2) is 8.55. The minimum Gasteiger partial charge on any atom is -0.497 e. The third kappa shape index (κ3) is 3.92. The maximum Gasteiger partial charge on any atom is 0.346 e. The number of halogens is 1. The molecule has 0 aromatic heterocycles. The van der Waals surface area contributed by atoms with E-state index in [1.165, 1.54) is 37.4 Å². The number of aryl methyl sites for hydroxylation is 1. The molecule has 0 fully saturated rings. The number of carbonyl (C=O) groups is 2. The molecule has 0 bridgehead atoms. The van der Waals surface area contributed by atoms with Crippen LogP contribution in [0.2, 0.25) is 0 Å². The predicted molar refractivity (Wildman–Crippen MR) is 115 cm³/mol. The molecule has 3 aromatic carbocycles. The van der Waals surface area contributed by atoms with Gasteiger partial charge >= 0.3 is 5.97 Å². The first-order valence-electron chi connectivity index (χ1n) is 9.69. The van der Waals surface area contributed by atoms with Gasteiger partial charge in [-0.25, -0.2) is 9.18 Å². The summed E-state index contributed by atoms with van der Waals surface area (Å²) >= 11 is 0. The number of benzene rings is 3. The van der Waals surface area contributed by atoms with Crippen LogP contribution in [0.3, 0.4) is 0 Å². The van der Waals surface area contributed by atoms with Crippen LogP contribution in [0.25, 0.3) is 6.08 Å². The molecule has 0 saturated heterocycles. The summed E-state index contributed by atoms with van der Waals surface area (Å²) < 4.78 is 35.5. The van der Waals surface area contributed by atoms with Gasteiger partial charge in [-0.2, -0.15) is 0 Å². The number of Topliss-reactive ketones (excluding diaryl/α,β-unsaturated/α-hetero) is 1. The molecule has 1 aliphatic heterocycles. The quantitative estimate of drug-likeness (QED) is 0.320. The smallest absolute Gasteiger partial charge is 0.346 e. The Hall–Kier alpha value is -4.13. The highest BCUT2D eigenvalue weighted by Gasteiger charge is 2.30. The Balaban J connectivity index is 1.63. The average molecular weight is 434 g/mol. The van der Waals surface area contributed by atoms with E-state index in [9.17, 15) is 14.0 Å². The molecule has 4 rings (SSSR count). The van der Waals surface area contributed by atoms with Crippen LogP contribution in [0.1, 0.15) is 31.8 Å². The minimum absolute atomic E-state index is 0.101. The molecule has 0 unspecified atom stereocenters. The molecule has 6 nitrogen and oxygen atoms in total. The summed E-state index contributed by atoms with van der Waals surface area (Å²) in [6, 6.07) is 13.7. The van der Waals surface area contributed by atoms with E-state index in [1.807, 2.05) is 0 Å². The van der Waals surface area contributed by atoms with Crippen molar-refractivity contribution in [3.8, 4) is 23.0 Å². The molecule has 1 heterocycles. The Morgan fingerprint density at radius 3 is 2.50 bits per heavy atom. The molecule has 0 radical (unpaired) electrons. The van der Waals surface area contributed by atoms with Gasteiger partial charge in [-0.3, -0.25) is 4.79 Å². The van der Waals surface area contributed by atoms with Gasteiger partial charge in [0.25, 0.3) is 0 Å². The molecular weight excluding hydrogens is 415 g/mol. The van der Waals surface area contributed by atoms with Crippen LogP contribution in [0, 0.1) is 12.7 Å². The van der Waals surface area contributed by atoms with Crippen molar-refractivity contribution in [1.82, 2.24) is 0 Å². The standard InChI is InChI=1S/C25H19FO6/c1-14-10-17(31-25(28)18-6-4-5-7-19(18)26)13-21-23(14)24(27)22(32-21)11-15-8-9-16(29-2)12-20(15)30-3/h4-13H,1-3H3/b22-11-. The van der Waals surface area contributed by atoms with E-state index in [0.29, 0.717) is 28.2 Å². The van der Waals surface area contributed by atoms with E-state index in [0.717, 1.165) is 0 Å². The molecule has 0 spiro atoms. The number of hydrogen-bond donors (Lipinski definition) is 0. The Labute approximate surface area is 183 Å². The molecule has 7 heteroatoms. The van der Waals surface area contributed by atoms with Crippen molar-refractivity contribution in [1.29, 1.82) is 0 Å². The van der Waals surface area contributed by atoms with Gasteiger partial charge in [-0.05, 0) is 48.9 Å². The largest absolute Gasteiger partial charge is 0.497 e. The molecule has 32 heavy (non-hydrogen) atoms. The number of fused-ring (bicyclic) bond motifs is 1. The summed E-state index contributed by atoms with van der Waals surface area (Å²) in [6.45, 7) is 1.71. The van der Waals surface area contributed by atoms with Gasteiger partial charge < -0.3 is 18.9 Å². The zero-order chi connectivity index (χ0) is 22.8. The molecule has 3 aromatic rings. The molecular formula is C25H19FO6. The third-order valence-electron chi connectivity index (χ3n) is 4.98. The molecule has 1 aliphatic rings. The zero-order valence-electron chi connectivity index (χ0n) is 17.6. The van der Waals surface area contributed by atoms with E-state index in [1.54, 1.807) is 44.4 Å². The van der Waals surface area contributed by atoms with Gasteiger partial charge in [0.15, 0.2) is 5.76 Å². The Kier molecular flexibility index (Phi) is 5.64. The van der Waals surface area contributed by atoms with Crippen LogP contribution in [-0.4, -0.2) is 26.0 Å². The summed E-state index contributed by atoms with van der Waals surface area (Å²) in [4.78, 5) is 25.3. The van der Waals surface area contributed by atoms with E-state index in [-0.39, 0.29) is 28.6 Å². The van der Waals surface area contributed by atoms with E-state index in [4.69, 9.17) is 18.9 Å². The fraction of sp³-hybridized carbons (Fsp3) is 0.120. The monoisotopic (exact) mass is 434 g/mol. The topological polar surface area (TPSA) is 71.1 Å². The Bertz CT molecular complexity index is 1260. The van der Waals surface area contributed by atoms with Gasteiger partial charge in [0, 0.05) is 17.7 Å². The lowest BCUT2D eigenvalue weighted by atomic mass is 10.0. The third-order valence-corrected chi connectivity index (χ3v) is 4.98. The van der Waals surface area contributed by atoms with Crippen molar-refractivity contribution in [2.75, 3.05) is 14.2 Å². The fourth-order valence-electron chi connectivity index (χ4n) is 3.40. The fourth-order valence-corrected chi connectivity index (χ4v) is 3.40. The van der Waals surface area contributed by atoms with E-state index in [2.05, 4.69) is 0 Å². The van der Waals surface area contributed by atoms with Crippen LogP contribution in [0.5, 0.6) is 23.0 Å². The maximum absolute atomic E-state index is 13.9. The van der Waals surface area contributed by atoms with Crippen molar-refractivity contribution in [2.24, 2.45) is 0 Å². The van der Waals surface area contributed by atoms with Gasteiger partial charge in [-0.15, -0.1) is 0 Å². The predicted octanol–water partition coefficient (Wildman–Crippen LogP) is 4.99. The van der Waals surface area contributed by atoms with Crippen molar-refractivity contribution in [3.63, 3.8) is 0 Å². The Morgan fingerprint density at radius 2 is 1.78 bits per heavy atom. The first-order chi connectivity index (χ1) is 15.4. The summed E-state index contributed by atoms with van der Waals surface area (Å²) in [5, 5.41) is 0. The number of allylic oxidation sites excluding steroid dienone is 1. The number of hydrogen-bond acceptors (Lipinski definition) is 6. The van der Waals surface area contributed by atoms with Crippen molar-refractivity contribution >= 4 is 17.8 Å². The molecule has 162 valence electrons. The highest BCUT2D eigenvalue weighted by molar-refractivity contribution is 6.15. The molecule has 0 N–H and O–H groups in total. The van der Waals surface area contributed by atoms with Crippen LogP contribution < -0.4 is 18.9 Å². The first kappa shape index (κ1) is 21.1. The molecule has 0 amide bonds. The van der Waals surface area contributed by atoms with Gasteiger partial charge in [-0.1, -0.05) is 12.1 Å². The Morgan fingerprint density at radius 1 is 1.00 bits per heavy atom.